The normalized spacial score (nSPS) is 20.1. The van der Waals surface area contributed by atoms with Crippen LogP contribution < -0.4 is 10.2 Å². The van der Waals surface area contributed by atoms with Crippen molar-refractivity contribution in [3.05, 3.63) is 29.3 Å². The largest absolute Gasteiger partial charge is 0.371 e. The van der Waals surface area contributed by atoms with Gasteiger partial charge >= 0.3 is 0 Å². The quantitative estimate of drug-likeness (QED) is 0.894. The molecule has 1 aromatic rings. The van der Waals surface area contributed by atoms with E-state index in [1.165, 1.54) is 36.3 Å². The third kappa shape index (κ3) is 3.73. The Bertz CT molecular complexity index is 431. The summed E-state index contributed by atoms with van der Waals surface area (Å²) in [5.74, 6) is 0.777. The van der Waals surface area contributed by atoms with Gasteiger partial charge in [0, 0.05) is 30.9 Å². The maximum Gasteiger partial charge on any atom is 0.0398 e. The number of anilines is 1. The molecule has 1 aliphatic heterocycles. The first-order valence-corrected chi connectivity index (χ1v) is 7.43. The minimum atomic E-state index is 0.229. The molecular weight excluding hydrogens is 232 g/mol. The second-order valence-corrected chi connectivity index (χ2v) is 6.95. The van der Waals surface area contributed by atoms with Gasteiger partial charge in [-0.05, 0) is 64.2 Å². The van der Waals surface area contributed by atoms with Crippen molar-refractivity contribution in [1.82, 2.24) is 5.32 Å². The minimum absolute atomic E-state index is 0.229. The number of benzene rings is 1. The summed E-state index contributed by atoms with van der Waals surface area (Å²) in [6, 6.07) is 6.65. The molecule has 0 aromatic heterocycles. The Morgan fingerprint density at radius 2 is 2.00 bits per heavy atom. The topological polar surface area (TPSA) is 15.3 Å². The molecule has 1 heterocycles. The molecule has 0 amide bonds. The van der Waals surface area contributed by atoms with Crippen molar-refractivity contribution in [1.29, 1.82) is 0 Å². The molecular formula is C17H28N2. The minimum Gasteiger partial charge on any atom is -0.371 e. The van der Waals surface area contributed by atoms with Crippen LogP contribution in [0, 0.1) is 19.8 Å². The Kier molecular flexibility index (Phi) is 4.19. The molecule has 0 saturated carbocycles. The first-order valence-electron chi connectivity index (χ1n) is 7.43. The van der Waals surface area contributed by atoms with E-state index in [0.717, 1.165) is 12.5 Å². The summed E-state index contributed by atoms with van der Waals surface area (Å²) in [5.41, 5.74) is 4.49. The number of aryl methyl sites for hydroxylation is 1. The van der Waals surface area contributed by atoms with Crippen LogP contribution >= 0.6 is 0 Å². The maximum absolute atomic E-state index is 3.64. The molecule has 0 bridgehead atoms. The third-order valence-electron chi connectivity index (χ3n) is 4.12. The fraction of sp³-hybridized carbons (Fsp3) is 0.647. The molecule has 2 nitrogen and oxygen atoms in total. The molecule has 1 saturated heterocycles. The second-order valence-electron chi connectivity index (χ2n) is 6.95. The van der Waals surface area contributed by atoms with E-state index in [2.05, 4.69) is 63.0 Å². The SMILES string of the molecule is Cc1cccc(N2CCC(CNC(C)(C)C)C2)c1C. The molecule has 106 valence electrons. The molecule has 1 aromatic carbocycles. The highest BCUT2D eigenvalue weighted by atomic mass is 15.2. The lowest BCUT2D eigenvalue weighted by Gasteiger charge is -2.25. The Morgan fingerprint density at radius 1 is 1.26 bits per heavy atom. The Morgan fingerprint density at radius 3 is 2.68 bits per heavy atom. The van der Waals surface area contributed by atoms with E-state index in [1.54, 1.807) is 0 Å². The molecule has 1 fully saturated rings. The van der Waals surface area contributed by atoms with Crippen LogP contribution in [0.5, 0.6) is 0 Å². The number of rotatable bonds is 3. The number of nitrogens with zero attached hydrogens (tertiary/aromatic N) is 1. The first-order chi connectivity index (χ1) is 8.87. The fourth-order valence-electron chi connectivity index (χ4n) is 2.75. The van der Waals surface area contributed by atoms with Crippen LogP contribution in [0.2, 0.25) is 0 Å². The van der Waals surface area contributed by atoms with Gasteiger partial charge in [0.25, 0.3) is 0 Å². The molecule has 0 radical (unpaired) electrons. The van der Waals surface area contributed by atoms with E-state index in [9.17, 15) is 0 Å². The lowest BCUT2D eigenvalue weighted by Crippen LogP contribution is -2.39. The summed E-state index contributed by atoms with van der Waals surface area (Å²) in [7, 11) is 0. The van der Waals surface area contributed by atoms with Gasteiger partial charge < -0.3 is 10.2 Å². The number of nitrogens with one attached hydrogen (secondary N) is 1. The maximum atomic E-state index is 3.64. The molecule has 0 spiro atoms. The lowest BCUT2D eigenvalue weighted by atomic mass is 10.0. The molecule has 0 aliphatic carbocycles. The summed E-state index contributed by atoms with van der Waals surface area (Å²) >= 11 is 0. The van der Waals surface area contributed by atoms with Crippen molar-refractivity contribution in [2.24, 2.45) is 5.92 Å². The van der Waals surface area contributed by atoms with E-state index >= 15 is 0 Å². The Labute approximate surface area is 118 Å². The second kappa shape index (κ2) is 5.54. The van der Waals surface area contributed by atoms with Crippen molar-refractivity contribution in [3.63, 3.8) is 0 Å². The van der Waals surface area contributed by atoms with E-state index in [4.69, 9.17) is 0 Å². The van der Waals surface area contributed by atoms with Crippen molar-refractivity contribution >= 4 is 5.69 Å². The molecule has 2 rings (SSSR count). The van der Waals surface area contributed by atoms with Gasteiger partial charge in [-0.25, -0.2) is 0 Å². The van der Waals surface area contributed by atoms with Gasteiger partial charge in [0.05, 0.1) is 0 Å². The van der Waals surface area contributed by atoms with E-state index < -0.39 is 0 Å². The zero-order chi connectivity index (χ0) is 14.0. The lowest BCUT2D eigenvalue weighted by molar-refractivity contribution is 0.383. The Balaban J connectivity index is 1.97. The summed E-state index contributed by atoms with van der Waals surface area (Å²) in [6.45, 7) is 14.7. The molecule has 1 aliphatic rings. The highest BCUT2D eigenvalue weighted by molar-refractivity contribution is 5.56. The predicted molar refractivity (Wildman–Crippen MR) is 84.0 cm³/mol. The fourth-order valence-corrected chi connectivity index (χ4v) is 2.75. The van der Waals surface area contributed by atoms with Crippen LogP contribution in [-0.2, 0) is 0 Å². The van der Waals surface area contributed by atoms with E-state index in [1.807, 2.05) is 0 Å². The van der Waals surface area contributed by atoms with Crippen LogP contribution in [0.4, 0.5) is 5.69 Å². The summed E-state index contributed by atoms with van der Waals surface area (Å²) in [5, 5.41) is 3.64. The number of hydrogen-bond donors (Lipinski definition) is 1. The van der Waals surface area contributed by atoms with Crippen LogP contribution in [0.25, 0.3) is 0 Å². The van der Waals surface area contributed by atoms with Gasteiger partial charge in [0.1, 0.15) is 0 Å². The zero-order valence-electron chi connectivity index (χ0n) is 13.1. The van der Waals surface area contributed by atoms with Crippen LogP contribution in [0.1, 0.15) is 38.3 Å². The third-order valence-corrected chi connectivity index (χ3v) is 4.12. The first kappa shape index (κ1) is 14.4. The zero-order valence-corrected chi connectivity index (χ0v) is 13.1. The number of hydrogen-bond acceptors (Lipinski definition) is 2. The summed E-state index contributed by atoms with van der Waals surface area (Å²) in [4.78, 5) is 2.55. The standard InChI is InChI=1S/C17H28N2/c1-13-7-6-8-16(14(13)2)19-10-9-15(12-19)11-18-17(3,4)5/h6-8,15,18H,9-12H2,1-5H3. The van der Waals surface area contributed by atoms with Crippen molar-refractivity contribution in [3.8, 4) is 0 Å². The van der Waals surface area contributed by atoms with Crippen molar-refractivity contribution in [2.45, 2.75) is 46.6 Å². The van der Waals surface area contributed by atoms with Gasteiger partial charge in [-0.2, -0.15) is 0 Å². The molecule has 2 heteroatoms. The van der Waals surface area contributed by atoms with Gasteiger partial charge in [-0.3, -0.25) is 0 Å². The Hall–Kier alpha value is -1.02. The van der Waals surface area contributed by atoms with Crippen LogP contribution in [0.3, 0.4) is 0 Å². The summed E-state index contributed by atoms with van der Waals surface area (Å²) in [6.07, 6.45) is 1.30. The molecule has 1 unspecified atom stereocenters. The molecule has 19 heavy (non-hydrogen) atoms. The van der Waals surface area contributed by atoms with Gasteiger partial charge in [0.15, 0.2) is 0 Å². The molecule has 1 atom stereocenters. The van der Waals surface area contributed by atoms with Gasteiger partial charge in [-0.15, -0.1) is 0 Å². The highest BCUT2D eigenvalue weighted by Gasteiger charge is 2.24. The van der Waals surface area contributed by atoms with Crippen molar-refractivity contribution < 1.29 is 0 Å². The predicted octanol–water partition coefficient (Wildman–Crippen LogP) is 3.52. The smallest absolute Gasteiger partial charge is 0.0398 e. The van der Waals surface area contributed by atoms with Crippen LogP contribution in [0.15, 0.2) is 18.2 Å². The van der Waals surface area contributed by atoms with Crippen LogP contribution in [-0.4, -0.2) is 25.2 Å². The molecule has 1 N–H and O–H groups in total. The van der Waals surface area contributed by atoms with E-state index in [0.29, 0.717) is 0 Å². The van der Waals surface area contributed by atoms with Gasteiger partial charge in [-0.1, -0.05) is 12.1 Å². The average molecular weight is 260 g/mol. The van der Waals surface area contributed by atoms with E-state index in [-0.39, 0.29) is 5.54 Å². The average Bonchev–Trinajstić information content (AvgIpc) is 2.78. The van der Waals surface area contributed by atoms with Gasteiger partial charge in [0.2, 0.25) is 0 Å². The highest BCUT2D eigenvalue weighted by Crippen LogP contribution is 2.28. The summed E-state index contributed by atoms with van der Waals surface area (Å²) < 4.78 is 0. The van der Waals surface area contributed by atoms with Crippen molar-refractivity contribution in [2.75, 3.05) is 24.5 Å². The monoisotopic (exact) mass is 260 g/mol.